The number of nitrogens with two attached hydrogens (primary N) is 2. The minimum atomic E-state index is -7.86. The van der Waals surface area contributed by atoms with Gasteiger partial charge in [0.15, 0.2) is 0 Å². The van der Waals surface area contributed by atoms with Gasteiger partial charge in [-0.15, -0.1) is 0 Å². The predicted octanol–water partition coefficient (Wildman–Crippen LogP) is 7.25. The third-order valence-electron chi connectivity index (χ3n) is 7.33. The zero-order valence-corrected chi connectivity index (χ0v) is 23.2. The van der Waals surface area contributed by atoms with E-state index < -0.39 is 128 Å². The maximum absolute atomic E-state index is 14.0. The molecular formula is C22H10F24N2O4. The van der Waals surface area contributed by atoms with Crippen LogP contribution in [0, 0.1) is 0 Å². The van der Waals surface area contributed by atoms with Crippen molar-refractivity contribution in [1.82, 2.24) is 0 Å². The van der Waals surface area contributed by atoms with Gasteiger partial charge in [0.05, 0.1) is 0 Å². The summed E-state index contributed by atoms with van der Waals surface area (Å²) in [4.78, 5) is 0. The van der Waals surface area contributed by atoms with Crippen LogP contribution in [0.4, 0.5) is 117 Å². The smallest absolute Gasteiger partial charge is 0.398 e. The third-order valence-corrected chi connectivity index (χ3v) is 7.33. The van der Waals surface area contributed by atoms with Gasteiger partial charge < -0.3 is 31.9 Å². The fraction of sp³-hybridized carbons (Fsp3) is 0.545. The molecule has 300 valence electrons. The van der Waals surface area contributed by atoms with Gasteiger partial charge in [0.1, 0.15) is 0 Å². The van der Waals surface area contributed by atoms with E-state index in [1.54, 1.807) is 0 Å². The molecule has 0 amide bonds. The van der Waals surface area contributed by atoms with Crippen LogP contribution in [-0.2, 0) is 22.4 Å². The maximum Gasteiger partial charge on any atom is 0.430 e. The molecule has 30 heteroatoms. The first kappa shape index (κ1) is 44.6. The second-order valence-electron chi connectivity index (χ2n) is 10.3. The summed E-state index contributed by atoms with van der Waals surface area (Å²) in [6, 6.07) is -4.29. The summed E-state index contributed by atoms with van der Waals surface area (Å²) in [5.41, 5.74) is -42.7. The second-order valence-corrected chi connectivity index (χ2v) is 10.3. The number of nitrogen functional groups attached to an aromatic ring is 2. The largest absolute Gasteiger partial charge is 0.430 e. The fourth-order valence-electron chi connectivity index (χ4n) is 4.72. The second kappa shape index (κ2) is 11.5. The topological polar surface area (TPSA) is 133 Å². The van der Waals surface area contributed by atoms with Crippen molar-refractivity contribution >= 4 is 22.1 Å². The zero-order valence-electron chi connectivity index (χ0n) is 23.2. The molecule has 2 aromatic carbocycles. The Kier molecular flexibility index (Phi) is 9.85. The van der Waals surface area contributed by atoms with Gasteiger partial charge in [-0.05, 0) is 17.5 Å². The first-order valence-corrected chi connectivity index (χ1v) is 11.9. The molecule has 2 aromatic rings. The monoisotopic (exact) mass is 822 g/mol. The quantitative estimate of drug-likeness (QED) is 0.142. The molecule has 6 nitrogen and oxygen atoms in total. The first-order chi connectivity index (χ1) is 22.3. The van der Waals surface area contributed by atoms with Gasteiger partial charge in [-0.25, -0.2) is 0 Å². The highest BCUT2D eigenvalue weighted by atomic mass is 19.4. The van der Waals surface area contributed by atoms with Crippen LogP contribution in [0.3, 0.4) is 0 Å². The van der Waals surface area contributed by atoms with Gasteiger partial charge in [0.25, 0.3) is 22.4 Å². The molecule has 0 aliphatic heterocycles. The van der Waals surface area contributed by atoms with Crippen LogP contribution in [-0.4, -0.2) is 69.8 Å². The minimum absolute atomic E-state index is 2.14. The average Bonchev–Trinajstić information content (AvgIpc) is 2.86. The lowest BCUT2D eigenvalue weighted by Gasteiger charge is -2.41. The highest BCUT2D eigenvalue weighted by Gasteiger charge is 2.78. The Morgan fingerprint density at radius 3 is 0.596 bits per heavy atom. The Labute approximate surface area is 266 Å². The fourth-order valence-corrected chi connectivity index (χ4v) is 4.72. The minimum Gasteiger partial charge on any atom is -0.398 e. The standard InChI is InChI=1S/C22H10F24N2O4/c23-15(24,25)11(49,16(26,27)28)3-1-5(13(51,19(35,36)37)20(38,39)40)9(47)8-7(3)4(12(50,17(29,30)31)18(32,33)34)2-6(10(8)48)14(52,21(41,42)43)22(44,45)46/h1-2,49-52H,47-48H2. The van der Waals surface area contributed by atoms with Crippen molar-refractivity contribution in [3.63, 3.8) is 0 Å². The van der Waals surface area contributed by atoms with Crippen molar-refractivity contribution < 1.29 is 126 Å². The first-order valence-electron chi connectivity index (χ1n) is 11.9. The van der Waals surface area contributed by atoms with Gasteiger partial charge in [0.2, 0.25) is 0 Å². The van der Waals surface area contributed by atoms with Crippen LogP contribution in [0.25, 0.3) is 10.8 Å². The molecule has 0 aliphatic rings. The summed E-state index contributed by atoms with van der Waals surface area (Å²) in [5, 5.41) is 31.9. The van der Waals surface area contributed by atoms with E-state index in [-0.39, 0.29) is 0 Å². The molecule has 2 rings (SSSR count). The maximum atomic E-state index is 14.0. The zero-order chi connectivity index (χ0) is 42.0. The van der Waals surface area contributed by atoms with Crippen LogP contribution in [0.5, 0.6) is 0 Å². The van der Waals surface area contributed by atoms with Gasteiger partial charge in [0, 0.05) is 39.0 Å². The number of fused-ring (bicyclic) bond motifs is 1. The Bertz CT molecular complexity index is 1530. The molecule has 0 fully saturated rings. The van der Waals surface area contributed by atoms with E-state index >= 15 is 0 Å². The normalized spacial score (nSPS) is 15.8. The van der Waals surface area contributed by atoms with Crippen molar-refractivity contribution in [2.45, 2.75) is 71.8 Å². The van der Waals surface area contributed by atoms with Crippen LogP contribution < -0.4 is 11.5 Å². The number of aliphatic hydroxyl groups is 4. The number of rotatable bonds is 4. The lowest BCUT2D eigenvalue weighted by atomic mass is 9.74. The van der Waals surface area contributed by atoms with Crippen molar-refractivity contribution in [3.05, 3.63) is 34.4 Å². The van der Waals surface area contributed by atoms with Crippen LogP contribution in [0.1, 0.15) is 22.3 Å². The molecule has 0 spiro atoms. The van der Waals surface area contributed by atoms with E-state index in [9.17, 15) is 126 Å². The molecule has 52 heavy (non-hydrogen) atoms. The van der Waals surface area contributed by atoms with E-state index in [1.165, 1.54) is 0 Å². The molecule has 0 saturated carbocycles. The van der Waals surface area contributed by atoms with E-state index in [1.807, 2.05) is 0 Å². The van der Waals surface area contributed by atoms with Crippen molar-refractivity contribution in [2.24, 2.45) is 0 Å². The average molecular weight is 822 g/mol. The summed E-state index contributed by atoms with van der Waals surface area (Å²) in [7, 11) is 0. The van der Waals surface area contributed by atoms with Crippen molar-refractivity contribution in [1.29, 1.82) is 0 Å². The predicted molar refractivity (Wildman–Crippen MR) is 117 cm³/mol. The molecule has 8 N–H and O–H groups in total. The number of alkyl halides is 24. The number of halogens is 24. The lowest BCUT2D eigenvalue weighted by Crippen LogP contribution is -2.57. The Balaban J connectivity index is 4.03. The molecule has 0 heterocycles. The molecule has 0 atom stereocenters. The Morgan fingerprint density at radius 2 is 0.442 bits per heavy atom. The van der Waals surface area contributed by atoms with Gasteiger partial charge >= 0.3 is 49.4 Å². The number of hydrogen-bond acceptors (Lipinski definition) is 6. The third kappa shape index (κ3) is 5.82. The van der Waals surface area contributed by atoms with Gasteiger partial charge in [-0.3, -0.25) is 0 Å². The van der Waals surface area contributed by atoms with Crippen LogP contribution in [0.2, 0.25) is 0 Å². The summed E-state index contributed by atoms with van der Waals surface area (Å²) in [5.74, 6) is 0. The number of anilines is 2. The van der Waals surface area contributed by atoms with Crippen molar-refractivity contribution in [3.8, 4) is 0 Å². The number of hydrogen-bond donors (Lipinski definition) is 6. The van der Waals surface area contributed by atoms with E-state index in [0.29, 0.717) is 0 Å². The Morgan fingerprint density at radius 1 is 0.288 bits per heavy atom. The summed E-state index contributed by atoms with van der Waals surface area (Å²) in [6.07, 6.45) is -62.0. The SMILES string of the molecule is Nc1c(C(O)(C(F)(F)F)C(F)(F)F)cc(C(O)(C(F)(F)F)C(F)(F)F)c2c(C(O)(C(F)(F)F)C(F)(F)F)cc(C(O)(C(F)(F)F)C(F)(F)F)c(N)c12. The van der Waals surface area contributed by atoms with Gasteiger partial charge in [-0.2, -0.15) is 105 Å². The summed E-state index contributed by atoms with van der Waals surface area (Å²) >= 11 is 0. The molecule has 0 saturated heterocycles. The van der Waals surface area contributed by atoms with E-state index in [0.717, 1.165) is 0 Å². The number of benzene rings is 2. The highest BCUT2D eigenvalue weighted by molar-refractivity contribution is 6.08. The van der Waals surface area contributed by atoms with Crippen molar-refractivity contribution in [2.75, 3.05) is 11.5 Å². The molecule has 0 aromatic heterocycles. The lowest BCUT2D eigenvalue weighted by molar-refractivity contribution is -0.378. The van der Waals surface area contributed by atoms with Gasteiger partial charge in [-0.1, -0.05) is 0 Å². The summed E-state index contributed by atoms with van der Waals surface area (Å²) in [6.45, 7) is 0. The van der Waals surface area contributed by atoms with E-state index in [2.05, 4.69) is 0 Å². The van der Waals surface area contributed by atoms with Crippen LogP contribution >= 0.6 is 0 Å². The highest BCUT2D eigenvalue weighted by Crippen LogP contribution is 2.63. The van der Waals surface area contributed by atoms with E-state index in [4.69, 9.17) is 11.5 Å². The molecular weight excluding hydrogens is 812 g/mol. The summed E-state index contributed by atoms with van der Waals surface area (Å²) < 4.78 is 333. The molecule has 0 radical (unpaired) electrons. The Hall–Kier alpha value is -3.54. The molecule has 0 bridgehead atoms. The van der Waals surface area contributed by atoms with Crippen LogP contribution in [0.15, 0.2) is 12.1 Å². The molecule has 0 aliphatic carbocycles. The molecule has 0 unspecified atom stereocenters.